The number of hydrogen-bond acceptors (Lipinski definition) is 4. The quantitative estimate of drug-likeness (QED) is 0.629. The molecule has 0 aromatic heterocycles. The van der Waals surface area contributed by atoms with Gasteiger partial charge in [-0.05, 0) is 6.42 Å². The molecule has 15 heavy (non-hydrogen) atoms. The van der Waals surface area contributed by atoms with E-state index >= 15 is 0 Å². The van der Waals surface area contributed by atoms with Gasteiger partial charge in [0.2, 0.25) is 0 Å². The molecule has 0 aliphatic heterocycles. The van der Waals surface area contributed by atoms with Crippen LogP contribution in [0.4, 0.5) is 0 Å². The molecule has 0 radical (unpaired) electrons. The van der Waals surface area contributed by atoms with Crippen LogP contribution in [0.5, 0.6) is 0 Å². The van der Waals surface area contributed by atoms with E-state index in [1.165, 1.54) is 7.11 Å². The molecule has 0 aromatic rings. The maximum Gasteiger partial charge on any atom is 0.324 e. The third-order valence-electron chi connectivity index (χ3n) is 2.06. The van der Waals surface area contributed by atoms with E-state index in [-0.39, 0.29) is 12.4 Å². The first kappa shape index (κ1) is 14.4. The normalized spacial score (nSPS) is 13.7. The van der Waals surface area contributed by atoms with Gasteiger partial charge in [-0.3, -0.25) is 4.79 Å². The van der Waals surface area contributed by atoms with E-state index in [2.05, 4.69) is 4.74 Å². The largest absolute Gasteiger partial charge is 0.480 e. The van der Waals surface area contributed by atoms with Crippen LogP contribution in [0.3, 0.4) is 0 Å². The van der Waals surface area contributed by atoms with E-state index < -0.39 is 21.1 Å². The van der Waals surface area contributed by atoms with Crippen molar-refractivity contribution >= 4 is 15.8 Å². The van der Waals surface area contributed by atoms with Crippen molar-refractivity contribution in [1.29, 1.82) is 0 Å². The van der Waals surface area contributed by atoms with Gasteiger partial charge in [0.1, 0.15) is 0 Å². The smallest absolute Gasteiger partial charge is 0.324 e. The van der Waals surface area contributed by atoms with E-state index in [0.29, 0.717) is 6.42 Å². The molecule has 1 unspecified atom stereocenters. The third-order valence-corrected chi connectivity index (χ3v) is 4.12. The lowest BCUT2D eigenvalue weighted by Gasteiger charge is -2.12. The van der Waals surface area contributed by atoms with Crippen LogP contribution in [0, 0.1) is 0 Å². The first-order chi connectivity index (χ1) is 6.95. The first-order valence-corrected chi connectivity index (χ1v) is 6.60. The fraction of sp³-hybridized carbons (Fsp3) is 0.889. The first-order valence-electron chi connectivity index (χ1n) is 4.89. The van der Waals surface area contributed by atoms with Gasteiger partial charge >= 0.3 is 5.97 Å². The van der Waals surface area contributed by atoms with Crippen molar-refractivity contribution in [3.05, 3.63) is 0 Å². The second-order valence-corrected chi connectivity index (χ2v) is 5.66. The zero-order chi connectivity index (χ0) is 11.9. The van der Waals surface area contributed by atoms with Crippen molar-refractivity contribution in [3.63, 3.8) is 0 Å². The molecule has 0 amide bonds. The number of rotatable bonds is 8. The highest BCUT2D eigenvalue weighted by Gasteiger charge is 2.31. The Morgan fingerprint density at radius 3 is 2.40 bits per heavy atom. The van der Waals surface area contributed by atoms with Gasteiger partial charge in [-0.2, -0.15) is 0 Å². The van der Waals surface area contributed by atoms with Gasteiger partial charge in [0, 0.05) is 7.11 Å². The molecule has 1 atom stereocenters. The molecular formula is C9H18O5S. The zero-order valence-electron chi connectivity index (χ0n) is 9.10. The molecule has 5 nitrogen and oxygen atoms in total. The van der Waals surface area contributed by atoms with Gasteiger partial charge in [-0.1, -0.05) is 19.8 Å². The zero-order valence-corrected chi connectivity index (χ0v) is 9.92. The summed E-state index contributed by atoms with van der Waals surface area (Å²) in [5.74, 6) is -1.42. The molecule has 1 N–H and O–H groups in total. The Balaban J connectivity index is 4.44. The molecule has 0 aliphatic carbocycles. The summed E-state index contributed by atoms with van der Waals surface area (Å²) in [6.07, 6.45) is 2.20. The number of unbranched alkanes of at least 4 members (excludes halogenated alkanes) is 2. The highest BCUT2D eigenvalue weighted by molar-refractivity contribution is 7.92. The van der Waals surface area contributed by atoms with Crippen molar-refractivity contribution in [1.82, 2.24) is 0 Å². The number of ether oxygens (including phenoxy) is 1. The molecule has 0 saturated carbocycles. The highest BCUT2D eigenvalue weighted by atomic mass is 32.2. The van der Waals surface area contributed by atoms with Gasteiger partial charge in [-0.15, -0.1) is 0 Å². The number of aliphatic carboxylic acids is 1. The van der Waals surface area contributed by atoms with E-state index in [1.807, 2.05) is 6.92 Å². The lowest BCUT2D eigenvalue weighted by molar-refractivity contribution is -0.137. The summed E-state index contributed by atoms with van der Waals surface area (Å²) >= 11 is 0. The second kappa shape index (κ2) is 6.79. The summed E-state index contributed by atoms with van der Waals surface area (Å²) < 4.78 is 27.8. The van der Waals surface area contributed by atoms with Gasteiger partial charge < -0.3 is 9.84 Å². The van der Waals surface area contributed by atoms with Crippen LogP contribution in [-0.2, 0) is 19.4 Å². The number of carboxylic acid groups (broad SMARTS) is 1. The van der Waals surface area contributed by atoms with Gasteiger partial charge in [0.25, 0.3) is 0 Å². The van der Waals surface area contributed by atoms with Crippen molar-refractivity contribution in [2.24, 2.45) is 0 Å². The lowest BCUT2D eigenvalue weighted by atomic mass is 10.3. The summed E-state index contributed by atoms with van der Waals surface area (Å²) in [6.45, 7) is 1.67. The summed E-state index contributed by atoms with van der Waals surface area (Å²) in [5.41, 5.74) is 0. The molecule has 90 valence electrons. The van der Waals surface area contributed by atoms with Crippen molar-refractivity contribution in [3.8, 4) is 0 Å². The van der Waals surface area contributed by atoms with Crippen molar-refractivity contribution in [2.45, 2.75) is 31.4 Å². The van der Waals surface area contributed by atoms with Gasteiger partial charge in [0.15, 0.2) is 15.1 Å². The summed E-state index contributed by atoms with van der Waals surface area (Å²) in [4.78, 5) is 10.7. The van der Waals surface area contributed by atoms with Gasteiger partial charge in [0.05, 0.1) is 12.4 Å². The molecule has 0 aliphatic rings. The minimum absolute atomic E-state index is 0.0822. The average Bonchev–Trinajstić information content (AvgIpc) is 2.13. The Kier molecular flexibility index (Phi) is 6.51. The van der Waals surface area contributed by atoms with E-state index in [1.54, 1.807) is 0 Å². The Bertz CT molecular complexity index is 283. The molecule has 6 heteroatoms. The predicted molar refractivity (Wildman–Crippen MR) is 56.6 cm³/mol. The number of carbonyl (C=O) groups is 1. The summed E-state index contributed by atoms with van der Waals surface area (Å²) in [5, 5.41) is 7.31. The molecule has 0 bridgehead atoms. The average molecular weight is 238 g/mol. The van der Waals surface area contributed by atoms with Crippen LogP contribution in [0.1, 0.15) is 26.2 Å². The fourth-order valence-corrected chi connectivity index (χ4v) is 2.72. The molecule has 0 saturated heterocycles. The lowest BCUT2D eigenvalue weighted by Crippen LogP contribution is -2.36. The summed E-state index contributed by atoms with van der Waals surface area (Å²) in [7, 11) is -2.29. The number of hydrogen-bond donors (Lipinski definition) is 1. The second-order valence-electron chi connectivity index (χ2n) is 3.36. The standard InChI is InChI=1S/C9H18O5S/c1-3-4-5-6-15(12,13)8(7-14-2)9(10)11/h8H,3-7H2,1-2H3,(H,10,11). The topological polar surface area (TPSA) is 80.7 Å². The van der Waals surface area contributed by atoms with Crippen molar-refractivity contribution < 1.29 is 23.1 Å². The Labute approximate surface area is 90.4 Å². The van der Waals surface area contributed by atoms with Crippen LogP contribution >= 0.6 is 0 Å². The van der Waals surface area contributed by atoms with E-state index in [9.17, 15) is 13.2 Å². The third kappa shape index (κ3) is 5.13. The number of sulfone groups is 1. The van der Waals surface area contributed by atoms with Crippen LogP contribution < -0.4 is 0 Å². The maximum atomic E-state index is 11.6. The Hall–Kier alpha value is -0.620. The van der Waals surface area contributed by atoms with Gasteiger partial charge in [-0.25, -0.2) is 8.42 Å². The monoisotopic (exact) mass is 238 g/mol. The maximum absolute atomic E-state index is 11.6. The van der Waals surface area contributed by atoms with Crippen LogP contribution in [0.15, 0.2) is 0 Å². The van der Waals surface area contributed by atoms with E-state index in [4.69, 9.17) is 5.11 Å². The Morgan fingerprint density at radius 2 is 2.00 bits per heavy atom. The number of carboxylic acids is 1. The Morgan fingerprint density at radius 1 is 1.40 bits per heavy atom. The molecule has 0 rings (SSSR count). The minimum atomic E-state index is -3.58. The van der Waals surface area contributed by atoms with E-state index in [0.717, 1.165) is 12.8 Å². The van der Waals surface area contributed by atoms with Crippen LogP contribution in [-0.4, -0.2) is 44.2 Å². The molecular weight excluding hydrogens is 220 g/mol. The predicted octanol–water partition coefficient (Wildman–Crippen LogP) is 0.691. The highest BCUT2D eigenvalue weighted by Crippen LogP contribution is 2.08. The molecule has 0 spiro atoms. The van der Waals surface area contributed by atoms with Crippen LogP contribution in [0.25, 0.3) is 0 Å². The van der Waals surface area contributed by atoms with Crippen LogP contribution in [0.2, 0.25) is 0 Å². The minimum Gasteiger partial charge on any atom is -0.480 e. The fourth-order valence-electron chi connectivity index (χ4n) is 1.18. The summed E-state index contributed by atoms with van der Waals surface area (Å²) in [6, 6.07) is 0. The molecule has 0 heterocycles. The number of methoxy groups -OCH3 is 1. The molecule has 0 aromatic carbocycles. The van der Waals surface area contributed by atoms with Crippen molar-refractivity contribution in [2.75, 3.05) is 19.5 Å². The molecule has 0 fully saturated rings. The SMILES string of the molecule is CCCCCS(=O)(=O)C(COC)C(=O)O.